The van der Waals surface area contributed by atoms with Crippen LogP contribution in [0.25, 0.3) is 33.5 Å². The summed E-state index contributed by atoms with van der Waals surface area (Å²) in [6.45, 7) is 0. The minimum atomic E-state index is -0.301. The van der Waals surface area contributed by atoms with Gasteiger partial charge in [0.1, 0.15) is 28.5 Å². The molecular formula is C21H17FN4O2. The predicted octanol–water partition coefficient (Wildman–Crippen LogP) is 4.10. The smallest absolute Gasteiger partial charge is 0.221 e. The zero-order valence-electron chi connectivity index (χ0n) is 15.3. The number of nitrogen functional groups attached to an aromatic ring is 1. The van der Waals surface area contributed by atoms with E-state index in [2.05, 4.69) is 9.97 Å². The molecule has 0 unspecified atom stereocenters. The monoisotopic (exact) mass is 376 g/mol. The quantitative estimate of drug-likeness (QED) is 0.577. The number of pyridine rings is 1. The van der Waals surface area contributed by atoms with Gasteiger partial charge in [-0.2, -0.15) is 0 Å². The number of hydrogen-bond donors (Lipinski definition) is 1. The third-order valence-electron chi connectivity index (χ3n) is 4.32. The molecule has 0 saturated carbocycles. The van der Waals surface area contributed by atoms with E-state index in [9.17, 15) is 4.39 Å². The van der Waals surface area contributed by atoms with Crippen LogP contribution in [-0.4, -0.2) is 29.2 Å². The van der Waals surface area contributed by atoms with Crippen molar-refractivity contribution in [2.75, 3.05) is 20.0 Å². The van der Waals surface area contributed by atoms with E-state index in [-0.39, 0.29) is 11.8 Å². The standard InChI is InChI=1S/C21H17FN4O2/c1-27-15-9-13(10-16(11-15)28-2)19-20-18(25-21(23)26-19)8-7-17(24-20)12-3-5-14(22)6-4-12/h3-11H,1-2H3,(H2,23,25,26). The molecule has 0 bridgehead atoms. The second kappa shape index (κ2) is 7.11. The van der Waals surface area contributed by atoms with E-state index in [4.69, 9.17) is 20.2 Å². The number of nitrogens with zero attached hydrogens (tertiary/aromatic N) is 3. The summed E-state index contributed by atoms with van der Waals surface area (Å²) in [5, 5.41) is 0. The van der Waals surface area contributed by atoms with Crippen LogP contribution in [0, 0.1) is 5.82 Å². The van der Waals surface area contributed by atoms with Crippen molar-refractivity contribution in [1.82, 2.24) is 15.0 Å². The first-order valence-electron chi connectivity index (χ1n) is 8.51. The first kappa shape index (κ1) is 17.7. The van der Waals surface area contributed by atoms with Crippen LogP contribution in [0.15, 0.2) is 54.6 Å². The van der Waals surface area contributed by atoms with Gasteiger partial charge in [-0.15, -0.1) is 0 Å². The lowest BCUT2D eigenvalue weighted by Crippen LogP contribution is -2.00. The van der Waals surface area contributed by atoms with Crippen LogP contribution in [0.4, 0.5) is 10.3 Å². The summed E-state index contributed by atoms with van der Waals surface area (Å²) < 4.78 is 24.0. The number of ether oxygens (including phenoxy) is 2. The molecule has 0 aliphatic carbocycles. The Kier molecular flexibility index (Phi) is 4.49. The molecule has 0 aliphatic heterocycles. The highest BCUT2D eigenvalue weighted by Gasteiger charge is 2.14. The Bertz CT molecular complexity index is 1140. The summed E-state index contributed by atoms with van der Waals surface area (Å²) in [6.07, 6.45) is 0. The van der Waals surface area contributed by atoms with E-state index in [0.717, 1.165) is 11.1 Å². The summed E-state index contributed by atoms with van der Waals surface area (Å²) in [5.41, 5.74) is 9.86. The Morgan fingerprint density at radius 2 is 1.46 bits per heavy atom. The second-order valence-electron chi connectivity index (χ2n) is 6.10. The largest absolute Gasteiger partial charge is 0.497 e. The van der Waals surface area contributed by atoms with Gasteiger partial charge >= 0.3 is 0 Å². The molecule has 28 heavy (non-hydrogen) atoms. The molecule has 0 saturated heterocycles. The van der Waals surface area contributed by atoms with E-state index >= 15 is 0 Å². The van der Waals surface area contributed by atoms with E-state index in [1.807, 2.05) is 24.3 Å². The van der Waals surface area contributed by atoms with Crippen LogP contribution >= 0.6 is 0 Å². The van der Waals surface area contributed by atoms with Gasteiger partial charge in [-0.25, -0.2) is 19.3 Å². The third-order valence-corrected chi connectivity index (χ3v) is 4.32. The molecule has 0 fully saturated rings. The molecule has 2 N–H and O–H groups in total. The van der Waals surface area contributed by atoms with Crippen LogP contribution in [0.5, 0.6) is 11.5 Å². The Morgan fingerprint density at radius 1 is 0.786 bits per heavy atom. The zero-order valence-corrected chi connectivity index (χ0v) is 15.3. The van der Waals surface area contributed by atoms with Crippen molar-refractivity contribution in [3.8, 4) is 34.0 Å². The number of anilines is 1. The average Bonchev–Trinajstić information content (AvgIpc) is 2.73. The molecule has 0 amide bonds. The van der Waals surface area contributed by atoms with Crippen molar-refractivity contribution < 1.29 is 13.9 Å². The van der Waals surface area contributed by atoms with Crippen LogP contribution in [0.3, 0.4) is 0 Å². The molecule has 2 aromatic heterocycles. The molecular weight excluding hydrogens is 359 g/mol. The van der Waals surface area contributed by atoms with E-state index in [1.165, 1.54) is 12.1 Å². The van der Waals surface area contributed by atoms with Crippen LogP contribution in [-0.2, 0) is 0 Å². The molecule has 0 aliphatic rings. The molecule has 7 heteroatoms. The Morgan fingerprint density at radius 3 is 2.11 bits per heavy atom. The van der Waals surface area contributed by atoms with Gasteiger partial charge in [0, 0.05) is 17.2 Å². The van der Waals surface area contributed by atoms with Crippen molar-refractivity contribution >= 4 is 17.0 Å². The molecule has 6 nitrogen and oxygen atoms in total. The number of aromatic nitrogens is 3. The molecule has 2 aromatic carbocycles. The summed E-state index contributed by atoms with van der Waals surface area (Å²) in [6, 6.07) is 15.2. The number of methoxy groups -OCH3 is 2. The molecule has 0 spiro atoms. The van der Waals surface area contributed by atoms with Crippen molar-refractivity contribution in [3.05, 3.63) is 60.4 Å². The molecule has 140 valence electrons. The maximum Gasteiger partial charge on any atom is 0.221 e. The number of rotatable bonds is 4. The van der Waals surface area contributed by atoms with E-state index < -0.39 is 0 Å². The lowest BCUT2D eigenvalue weighted by atomic mass is 10.1. The fraction of sp³-hybridized carbons (Fsp3) is 0.0952. The van der Waals surface area contributed by atoms with Gasteiger partial charge in [-0.05, 0) is 48.5 Å². The third kappa shape index (κ3) is 3.29. The molecule has 4 aromatic rings. The minimum Gasteiger partial charge on any atom is -0.497 e. The highest BCUT2D eigenvalue weighted by molar-refractivity contribution is 5.91. The number of fused-ring (bicyclic) bond motifs is 1. The van der Waals surface area contributed by atoms with Crippen molar-refractivity contribution in [2.24, 2.45) is 0 Å². The number of benzene rings is 2. The molecule has 0 atom stereocenters. The first-order chi connectivity index (χ1) is 13.6. The van der Waals surface area contributed by atoms with Crippen LogP contribution in [0.1, 0.15) is 0 Å². The van der Waals surface area contributed by atoms with Gasteiger partial charge < -0.3 is 15.2 Å². The Balaban J connectivity index is 1.95. The van der Waals surface area contributed by atoms with Gasteiger partial charge in [0.2, 0.25) is 5.95 Å². The SMILES string of the molecule is COc1cc(OC)cc(-c2nc(N)nc3ccc(-c4ccc(F)cc4)nc23)c1. The average molecular weight is 376 g/mol. The minimum absolute atomic E-state index is 0.139. The van der Waals surface area contributed by atoms with E-state index in [1.54, 1.807) is 32.4 Å². The van der Waals surface area contributed by atoms with Crippen LogP contribution < -0.4 is 15.2 Å². The zero-order chi connectivity index (χ0) is 19.7. The van der Waals surface area contributed by atoms with E-state index in [0.29, 0.717) is 33.9 Å². The van der Waals surface area contributed by atoms with Gasteiger partial charge in [-0.1, -0.05) is 0 Å². The summed E-state index contributed by atoms with van der Waals surface area (Å²) in [4.78, 5) is 13.4. The van der Waals surface area contributed by atoms with Gasteiger partial charge in [0.15, 0.2) is 0 Å². The normalized spacial score (nSPS) is 10.8. The number of hydrogen-bond acceptors (Lipinski definition) is 6. The molecule has 2 heterocycles. The van der Waals surface area contributed by atoms with Crippen molar-refractivity contribution in [3.63, 3.8) is 0 Å². The maximum atomic E-state index is 13.3. The Hall–Kier alpha value is -3.74. The van der Waals surface area contributed by atoms with Gasteiger partial charge in [0.05, 0.1) is 25.4 Å². The van der Waals surface area contributed by atoms with Crippen LogP contribution in [0.2, 0.25) is 0 Å². The summed E-state index contributed by atoms with van der Waals surface area (Å²) in [5.74, 6) is 1.08. The van der Waals surface area contributed by atoms with Gasteiger partial charge in [0.25, 0.3) is 0 Å². The predicted molar refractivity (Wildman–Crippen MR) is 106 cm³/mol. The fourth-order valence-corrected chi connectivity index (χ4v) is 2.96. The highest BCUT2D eigenvalue weighted by Crippen LogP contribution is 2.33. The summed E-state index contributed by atoms with van der Waals surface area (Å²) in [7, 11) is 3.16. The summed E-state index contributed by atoms with van der Waals surface area (Å²) >= 11 is 0. The number of halogens is 1. The van der Waals surface area contributed by atoms with Crippen molar-refractivity contribution in [1.29, 1.82) is 0 Å². The fourth-order valence-electron chi connectivity index (χ4n) is 2.96. The highest BCUT2D eigenvalue weighted by atomic mass is 19.1. The topological polar surface area (TPSA) is 83.2 Å². The molecule has 4 rings (SSSR count). The van der Waals surface area contributed by atoms with Gasteiger partial charge in [-0.3, -0.25) is 0 Å². The maximum absolute atomic E-state index is 13.3. The lowest BCUT2D eigenvalue weighted by Gasteiger charge is -2.11. The second-order valence-corrected chi connectivity index (χ2v) is 6.10. The number of nitrogens with two attached hydrogens (primary N) is 1. The Labute approximate surface area is 160 Å². The first-order valence-corrected chi connectivity index (χ1v) is 8.51. The molecule has 0 radical (unpaired) electrons. The lowest BCUT2D eigenvalue weighted by molar-refractivity contribution is 0.394. The van der Waals surface area contributed by atoms with Crippen molar-refractivity contribution in [2.45, 2.75) is 0 Å².